The third-order valence-corrected chi connectivity index (χ3v) is 3.03. The van der Waals surface area contributed by atoms with Crippen LogP contribution in [0.3, 0.4) is 0 Å². The van der Waals surface area contributed by atoms with Gasteiger partial charge >= 0.3 is 0 Å². The highest BCUT2D eigenvalue weighted by molar-refractivity contribution is 6.31. The Balaban J connectivity index is 2.60. The van der Waals surface area contributed by atoms with E-state index < -0.39 is 0 Å². The molecule has 0 saturated heterocycles. The number of halogens is 1. The average Bonchev–Trinajstić information content (AvgIpc) is 2.32. The van der Waals surface area contributed by atoms with Crippen molar-refractivity contribution in [2.24, 2.45) is 11.7 Å². The molecule has 0 aliphatic heterocycles. The lowest BCUT2D eigenvalue weighted by molar-refractivity contribution is 0.223. The lowest BCUT2D eigenvalue weighted by Crippen LogP contribution is -2.18. The van der Waals surface area contributed by atoms with E-state index in [1.807, 2.05) is 12.1 Å². The molecule has 0 heterocycles. The molecule has 0 saturated carbocycles. The molecule has 0 aromatic heterocycles. The second-order valence-corrected chi connectivity index (χ2v) is 4.19. The number of benzene rings is 1. The standard InChI is InChI=1S/C12H18ClNO2/c1-16-11-5-4-10(12(13)6-11)3-2-9(7-14)8-15/h4-6,9,15H,2-3,7-8,14H2,1H3. The number of hydrogen-bond acceptors (Lipinski definition) is 3. The van der Waals surface area contributed by atoms with Crippen molar-refractivity contribution in [3.63, 3.8) is 0 Å². The van der Waals surface area contributed by atoms with E-state index >= 15 is 0 Å². The van der Waals surface area contributed by atoms with Crippen LogP contribution in [0.1, 0.15) is 12.0 Å². The zero-order chi connectivity index (χ0) is 12.0. The van der Waals surface area contributed by atoms with Crippen molar-refractivity contribution in [1.82, 2.24) is 0 Å². The van der Waals surface area contributed by atoms with Crippen LogP contribution in [0.2, 0.25) is 5.02 Å². The normalized spacial score (nSPS) is 12.5. The fraction of sp³-hybridized carbons (Fsp3) is 0.500. The van der Waals surface area contributed by atoms with Crippen LogP contribution in [0.25, 0.3) is 0 Å². The summed E-state index contributed by atoms with van der Waals surface area (Å²) in [6.07, 6.45) is 1.67. The second-order valence-electron chi connectivity index (χ2n) is 3.78. The van der Waals surface area contributed by atoms with Gasteiger partial charge in [-0.25, -0.2) is 0 Å². The Morgan fingerprint density at radius 3 is 2.75 bits per heavy atom. The van der Waals surface area contributed by atoms with Crippen molar-refractivity contribution in [3.05, 3.63) is 28.8 Å². The van der Waals surface area contributed by atoms with Gasteiger partial charge in [0.1, 0.15) is 5.75 Å². The highest BCUT2D eigenvalue weighted by Crippen LogP contribution is 2.24. The van der Waals surface area contributed by atoms with Gasteiger partial charge in [0.2, 0.25) is 0 Å². The van der Waals surface area contributed by atoms with Gasteiger partial charge in [-0.15, -0.1) is 0 Å². The fourth-order valence-corrected chi connectivity index (χ4v) is 1.77. The van der Waals surface area contributed by atoms with Gasteiger partial charge in [0.25, 0.3) is 0 Å². The molecule has 0 aliphatic rings. The minimum atomic E-state index is 0.129. The van der Waals surface area contributed by atoms with E-state index in [4.69, 9.17) is 27.2 Å². The number of nitrogens with two attached hydrogens (primary N) is 1. The number of hydrogen-bond donors (Lipinski definition) is 2. The summed E-state index contributed by atoms with van der Waals surface area (Å²) in [6.45, 7) is 0.633. The summed E-state index contributed by atoms with van der Waals surface area (Å²) in [5.41, 5.74) is 6.58. The first-order valence-corrected chi connectivity index (χ1v) is 5.72. The van der Waals surface area contributed by atoms with Crippen molar-refractivity contribution in [3.8, 4) is 5.75 Å². The molecule has 1 atom stereocenters. The van der Waals surface area contributed by atoms with Crippen LogP contribution in [0.4, 0.5) is 0 Å². The molecule has 0 radical (unpaired) electrons. The Labute approximate surface area is 101 Å². The lowest BCUT2D eigenvalue weighted by Gasteiger charge is -2.12. The van der Waals surface area contributed by atoms with Gasteiger partial charge in [-0.3, -0.25) is 0 Å². The van der Waals surface area contributed by atoms with Crippen LogP contribution in [0, 0.1) is 5.92 Å². The minimum absolute atomic E-state index is 0.129. The molecule has 1 aromatic carbocycles. The number of aryl methyl sites for hydroxylation is 1. The largest absolute Gasteiger partial charge is 0.497 e. The maximum absolute atomic E-state index is 9.02. The van der Waals surface area contributed by atoms with E-state index in [9.17, 15) is 0 Å². The second kappa shape index (κ2) is 6.74. The molecular formula is C12H18ClNO2. The van der Waals surface area contributed by atoms with Gasteiger partial charge in [-0.1, -0.05) is 17.7 Å². The Bertz CT molecular complexity index is 327. The smallest absolute Gasteiger partial charge is 0.120 e. The van der Waals surface area contributed by atoms with Crippen LogP contribution in [-0.2, 0) is 6.42 Å². The van der Waals surface area contributed by atoms with Gasteiger partial charge in [0.05, 0.1) is 7.11 Å². The molecule has 90 valence electrons. The highest BCUT2D eigenvalue weighted by atomic mass is 35.5. The molecule has 1 aromatic rings. The molecule has 0 aliphatic carbocycles. The molecule has 0 amide bonds. The van der Waals surface area contributed by atoms with Crippen LogP contribution >= 0.6 is 11.6 Å². The van der Waals surface area contributed by atoms with E-state index in [1.165, 1.54) is 0 Å². The Hall–Kier alpha value is -0.770. The maximum Gasteiger partial charge on any atom is 0.120 e. The van der Waals surface area contributed by atoms with E-state index in [0.29, 0.717) is 11.6 Å². The predicted octanol–water partition coefficient (Wildman–Crippen LogP) is 1.85. The summed E-state index contributed by atoms with van der Waals surface area (Å²) in [5, 5.41) is 9.72. The zero-order valence-corrected chi connectivity index (χ0v) is 10.2. The Morgan fingerprint density at radius 1 is 1.50 bits per heavy atom. The molecule has 0 spiro atoms. The first-order valence-electron chi connectivity index (χ1n) is 5.34. The Kier molecular flexibility index (Phi) is 5.60. The van der Waals surface area contributed by atoms with Crippen LogP contribution < -0.4 is 10.5 Å². The highest BCUT2D eigenvalue weighted by Gasteiger charge is 2.07. The number of aliphatic hydroxyl groups is 1. The third kappa shape index (κ3) is 3.67. The molecule has 0 fully saturated rings. The topological polar surface area (TPSA) is 55.5 Å². The molecule has 1 unspecified atom stereocenters. The first-order chi connectivity index (χ1) is 7.71. The predicted molar refractivity (Wildman–Crippen MR) is 66.0 cm³/mol. The molecule has 4 heteroatoms. The lowest BCUT2D eigenvalue weighted by atomic mass is 10.0. The summed E-state index contributed by atoms with van der Waals surface area (Å²) in [6, 6.07) is 5.64. The van der Waals surface area contributed by atoms with E-state index in [0.717, 1.165) is 24.2 Å². The maximum atomic E-state index is 9.02. The van der Waals surface area contributed by atoms with Crippen LogP contribution in [0.5, 0.6) is 5.75 Å². The molecule has 16 heavy (non-hydrogen) atoms. The molecule has 0 bridgehead atoms. The van der Waals surface area contributed by atoms with Crippen molar-refractivity contribution in [2.45, 2.75) is 12.8 Å². The number of ether oxygens (including phenoxy) is 1. The van der Waals surface area contributed by atoms with Gasteiger partial charge in [0, 0.05) is 11.6 Å². The average molecular weight is 244 g/mol. The van der Waals surface area contributed by atoms with Crippen molar-refractivity contribution in [1.29, 1.82) is 0 Å². The summed E-state index contributed by atoms with van der Waals surface area (Å²) >= 11 is 6.10. The van der Waals surface area contributed by atoms with Crippen molar-refractivity contribution < 1.29 is 9.84 Å². The monoisotopic (exact) mass is 243 g/mol. The molecule has 1 rings (SSSR count). The Morgan fingerprint density at radius 2 is 2.25 bits per heavy atom. The number of aliphatic hydroxyl groups excluding tert-OH is 1. The summed E-state index contributed by atoms with van der Waals surface area (Å²) < 4.78 is 5.07. The van der Waals surface area contributed by atoms with Crippen molar-refractivity contribution >= 4 is 11.6 Å². The van der Waals surface area contributed by atoms with Crippen LogP contribution in [-0.4, -0.2) is 25.4 Å². The van der Waals surface area contributed by atoms with Gasteiger partial charge in [-0.2, -0.15) is 0 Å². The molecule has 3 N–H and O–H groups in total. The summed E-state index contributed by atoms with van der Waals surface area (Å²) in [7, 11) is 1.61. The minimum Gasteiger partial charge on any atom is -0.497 e. The van der Waals surface area contributed by atoms with Gasteiger partial charge in [0.15, 0.2) is 0 Å². The van der Waals surface area contributed by atoms with Gasteiger partial charge in [-0.05, 0) is 43.0 Å². The van der Waals surface area contributed by atoms with Gasteiger partial charge < -0.3 is 15.6 Å². The summed E-state index contributed by atoms with van der Waals surface area (Å²) in [5.74, 6) is 0.907. The zero-order valence-electron chi connectivity index (χ0n) is 9.45. The fourth-order valence-electron chi connectivity index (χ4n) is 1.50. The SMILES string of the molecule is COc1ccc(CCC(CN)CO)c(Cl)c1. The quantitative estimate of drug-likeness (QED) is 0.802. The van der Waals surface area contributed by atoms with Crippen molar-refractivity contribution in [2.75, 3.05) is 20.3 Å². The number of rotatable bonds is 6. The van der Waals surface area contributed by atoms with E-state index in [-0.39, 0.29) is 12.5 Å². The third-order valence-electron chi connectivity index (χ3n) is 2.67. The molecule has 3 nitrogen and oxygen atoms in total. The first kappa shape index (κ1) is 13.3. The van der Waals surface area contributed by atoms with Crippen LogP contribution in [0.15, 0.2) is 18.2 Å². The number of methoxy groups -OCH3 is 1. The summed E-state index contributed by atoms with van der Waals surface area (Å²) in [4.78, 5) is 0. The van der Waals surface area contributed by atoms with E-state index in [1.54, 1.807) is 13.2 Å². The van der Waals surface area contributed by atoms with E-state index in [2.05, 4.69) is 0 Å². The molecular weight excluding hydrogens is 226 g/mol.